The molecule has 0 saturated heterocycles. The molecule has 0 bridgehead atoms. The van der Waals surface area contributed by atoms with E-state index in [4.69, 9.17) is 0 Å². The van der Waals surface area contributed by atoms with Gasteiger partial charge in [0.25, 0.3) is 6.71 Å². The van der Waals surface area contributed by atoms with E-state index in [0.717, 1.165) is 29.9 Å². The first-order valence-corrected chi connectivity index (χ1v) is 32.3. The number of fused-ring (bicyclic) bond motifs is 9. The van der Waals surface area contributed by atoms with Gasteiger partial charge in [-0.1, -0.05) is 197 Å². The largest absolute Gasteiger partial charge is 0.311 e. The van der Waals surface area contributed by atoms with Gasteiger partial charge in [0.05, 0.1) is 11.4 Å². The Balaban J connectivity index is 1.12. The Morgan fingerprint density at radius 2 is 0.884 bits per heavy atom. The van der Waals surface area contributed by atoms with Crippen molar-refractivity contribution in [1.82, 2.24) is 0 Å². The Morgan fingerprint density at radius 3 is 1.47 bits per heavy atom. The van der Waals surface area contributed by atoms with E-state index in [9.17, 15) is 0 Å². The minimum absolute atomic E-state index is 0.0117. The Morgan fingerprint density at radius 1 is 0.395 bits per heavy atom. The van der Waals surface area contributed by atoms with Crippen molar-refractivity contribution in [2.45, 2.75) is 136 Å². The predicted molar refractivity (Wildman–Crippen MR) is 373 cm³/mol. The highest BCUT2D eigenvalue weighted by Crippen LogP contribution is 2.56. The second-order valence-corrected chi connectivity index (χ2v) is 30.2. The molecule has 10 aromatic carbocycles. The number of anilines is 9. The number of hydrogen-bond donors (Lipinski definition) is 0. The maximum absolute atomic E-state index is 2.71. The summed E-state index contributed by atoms with van der Waals surface area (Å²) in [4.78, 5) is 7.90. The topological polar surface area (TPSA) is 9.72 Å². The zero-order chi connectivity index (χ0) is 59.4. The van der Waals surface area contributed by atoms with Crippen LogP contribution in [-0.2, 0) is 27.1 Å². The fourth-order valence-corrected chi connectivity index (χ4v) is 16.5. The quantitative estimate of drug-likeness (QED) is 0.147. The maximum atomic E-state index is 2.71. The molecule has 86 heavy (non-hydrogen) atoms. The molecule has 0 radical (unpaired) electrons. The third-order valence-electron chi connectivity index (χ3n) is 20.6. The van der Waals surface area contributed by atoms with Crippen LogP contribution >= 0.6 is 11.3 Å². The summed E-state index contributed by atoms with van der Waals surface area (Å²) in [5, 5.41) is 2.69. The van der Waals surface area contributed by atoms with Crippen molar-refractivity contribution in [2.75, 3.05) is 14.7 Å². The van der Waals surface area contributed by atoms with Gasteiger partial charge in [-0.3, -0.25) is 0 Å². The molecule has 0 atom stereocenters. The molecule has 0 N–H and O–H groups in total. The van der Waals surface area contributed by atoms with Crippen LogP contribution in [-0.4, -0.2) is 6.71 Å². The van der Waals surface area contributed by atoms with Crippen LogP contribution in [0.5, 0.6) is 0 Å². The molecular weight excluding hydrogens is 1060 g/mol. The molecule has 0 unspecified atom stereocenters. The van der Waals surface area contributed by atoms with Crippen LogP contribution in [0.25, 0.3) is 42.4 Å². The molecule has 0 saturated carbocycles. The lowest BCUT2D eigenvalue weighted by atomic mass is 9.33. The zero-order valence-corrected chi connectivity index (χ0v) is 53.1. The van der Waals surface area contributed by atoms with Gasteiger partial charge in [-0.2, -0.15) is 0 Å². The van der Waals surface area contributed by atoms with Crippen molar-refractivity contribution in [2.24, 2.45) is 0 Å². The summed E-state index contributed by atoms with van der Waals surface area (Å²) in [6, 6.07) is 79.8. The van der Waals surface area contributed by atoms with Crippen LogP contribution < -0.4 is 31.1 Å². The van der Waals surface area contributed by atoms with E-state index in [2.05, 4.69) is 304 Å². The van der Waals surface area contributed by atoms with Gasteiger partial charge in [0.1, 0.15) is 0 Å². The third-order valence-corrected chi connectivity index (χ3v) is 21.7. The fourth-order valence-electron chi connectivity index (χ4n) is 15.4. The van der Waals surface area contributed by atoms with Crippen LogP contribution in [0.2, 0.25) is 0 Å². The van der Waals surface area contributed by atoms with Gasteiger partial charge in [-0.05, 0) is 211 Å². The smallest absolute Gasteiger partial charge is 0.252 e. The summed E-state index contributed by atoms with van der Waals surface area (Å²) >= 11 is 1.98. The summed E-state index contributed by atoms with van der Waals surface area (Å²) in [5.74, 6) is 0. The Hall–Kier alpha value is -8.12. The first-order valence-electron chi connectivity index (χ1n) is 31.4. The molecule has 0 spiro atoms. The predicted octanol–water partition coefficient (Wildman–Crippen LogP) is 21.2. The second kappa shape index (κ2) is 19.4. The molecule has 2 aliphatic heterocycles. The highest BCUT2D eigenvalue weighted by atomic mass is 32.1. The van der Waals surface area contributed by atoms with Gasteiger partial charge in [0.2, 0.25) is 0 Å². The molecule has 426 valence electrons. The SMILES string of the molecule is Cc1cc2c(cc1N1c3cc(-c4ccccc4)ccc3B3c4cc5sc6cc7c(cc6c5cc4N(c4ccc(C(C)(C)C)cc4-c4ccccc4)c4cc(N(c5ccccc5)c5ccccc5)cc1c43)C(C)(C)CCC7(C)C)C(C)(C)CCC2(C)C. The molecule has 1 aromatic heterocycles. The van der Waals surface area contributed by atoms with Crippen molar-refractivity contribution in [3.05, 3.63) is 240 Å². The fraction of sp³-hybridized carbons (Fsp3) is 0.259. The summed E-state index contributed by atoms with van der Waals surface area (Å²) in [7, 11) is 0. The van der Waals surface area contributed by atoms with Crippen LogP contribution in [0.4, 0.5) is 51.2 Å². The van der Waals surface area contributed by atoms with Gasteiger partial charge < -0.3 is 14.7 Å². The number of thiophene rings is 1. The molecule has 3 nitrogen and oxygen atoms in total. The minimum Gasteiger partial charge on any atom is -0.311 e. The molecule has 4 aliphatic rings. The van der Waals surface area contributed by atoms with E-state index in [1.807, 2.05) is 11.3 Å². The van der Waals surface area contributed by atoms with Crippen molar-refractivity contribution < 1.29 is 0 Å². The summed E-state index contributed by atoms with van der Waals surface area (Å²) in [5.41, 5.74) is 28.0. The van der Waals surface area contributed by atoms with Crippen LogP contribution in [0.3, 0.4) is 0 Å². The summed E-state index contributed by atoms with van der Waals surface area (Å²) in [6.45, 7) is 29.0. The van der Waals surface area contributed by atoms with E-state index in [1.165, 1.54) is 139 Å². The molecule has 0 fully saturated rings. The number of nitrogens with zero attached hydrogens (tertiary/aromatic N) is 3. The van der Waals surface area contributed by atoms with Gasteiger partial charge in [0.15, 0.2) is 0 Å². The van der Waals surface area contributed by atoms with E-state index in [0.29, 0.717) is 0 Å². The molecule has 3 heterocycles. The number of hydrogen-bond acceptors (Lipinski definition) is 4. The van der Waals surface area contributed by atoms with E-state index in [1.54, 1.807) is 0 Å². The van der Waals surface area contributed by atoms with Crippen molar-refractivity contribution in [3.63, 3.8) is 0 Å². The number of rotatable bonds is 7. The standard InChI is InChI=1S/C81H78BN3S/c1-51-41-62-64(80(9,10)39-37-78(62,5)6)48-69(51)85-70-42-54(52-25-17-13-18-26-52)33-35-66(70)82-67-50-75-61(60-46-63-65(49-74(60)86-75)81(11,12)40-38-79(63,7)8)47-71(67)84(68-36-34-55(77(2,3)4)43-59(68)53-27-19-14-20-28-53)72-44-58(45-73(85)76(72)82)83(56-29-21-15-22-30-56)57-31-23-16-24-32-57/h13-36,41-50H,37-40H2,1-12H3. The molecule has 2 aliphatic carbocycles. The maximum Gasteiger partial charge on any atom is 0.252 e. The van der Waals surface area contributed by atoms with E-state index < -0.39 is 0 Å². The van der Waals surface area contributed by atoms with Gasteiger partial charge in [-0.15, -0.1) is 11.3 Å². The van der Waals surface area contributed by atoms with Crippen LogP contribution in [0, 0.1) is 6.92 Å². The number of benzene rings is 10. The van der Waals surface area contributed by atoms with E-state index >= 15 is 0 Å². The van der Waals surface area contributed by atoms with Gasteiger partial charge in [-0.25, -0.2) is 0 Å². The first-order chi connectivity index (χ1) is 41.1. The number of aryl methyl sites for hydroxylation is 1. The second-order valence-electron chi connectivity index (χ2n) is 29.1. The average Bonchev–Trinajstić information content (AvgIpc) is 1.02. The highest BCUT2D eigenvalue weighted by molar-refractivity contribution is 7.26. The summed E-state index contributed by atoms with van der Waals surface area (Å²) in [6.07, 6.45) is 4.65. The Kier molecular flexibility index (Phi) is 12.3. The van der Waals surface area contributed by atoms with Crippen molar-refractivity contribution >= 4 is 106 Å². The van der Waals surface area contributed by atoms with Crippen molar-refractivity contribution in [3.8, 4) is 22.3 Å². The van der Waals surface area contributed by atoms with Crippen LogP contribution in [0.15, 0.2) is 206 Å². The molecule has 15 rings (SSSR count). The van der Waals surface area contributed by atoms with Crippen LogP contribution in [0.1, 0.15) is 135 Å². The van der Waals surface area contributed by atoms with Gasteiger partial charge in [0, 0.05) is 65.5 Å². The Labute approximate surface area is 515 Å². The normalized spacial score (nSPS) is 16.7. The minimum atomic E-state index is -0.110. The van der Waals surface area contributed by atoms with Crippen molar-refractivity contribution in [1.29, 1.82) is 0 Å². The monoisotopic (exact) mass is 1140 g/mol. The lowest BCUT2D eigenvalue weighted by Gasteiger charge is -2.47. The molecule has 0 amide bonds. The average molecular weight is 1140 g/mol. The first kappa shape index (κ1) is 54.5. The molecule has 5 heteroatoms. The van der Waals surface area contributed by atoms with E-state index in [-0.39, 0.29) is 33.8 Å². The zero-order valence-electron chi connectivity index (χ0n) is 52.3. The third kappa shape index (κ3) is 8.64. The Bertz CT molecular complexity index is 4490. The highest BCUT2D eigenvalue weighted by Gasteiger charge is 2.47. The lowest BCUT2D eigenvalue weighted by molar-refractivity contribution is 0.332. The molecule has 11 aromatic rings. The molecular formula is C81H78BN3S. The number of para-hydroxylation sites is 2. The summed E-state index contributed by atoms with van der Waals surface area (Å²) < 4.78 is 2.71. The lowest BCUT2D eigenvalue weighted by Crippen LogP contribution is -2.61. The van der Waals surface area contributed by atoms with Gasteiger partial charge >= 0.3 is 0 Å².